The number of thioether (sulfide) groups is 1. The fourth-order valence-electron chi connectivity index (χ4n) is 6.23. The van der Waals surface area contributed by atoms with Crippen molar-refractivity contribution < 1.29 is 13.2 Å². The fraction of sp³-hybridized carbons (Fsp3) is 0.516. The molecular formula is C31H36F3N7S2. The Kier molecular flexibility index (Phi) is 8.87. The van der Waals surface area contributed by atoms with Crippen LogP contribution in [-0.4, -0.2) is 80.8 Å². The van der Waals surface area contributed by atoms with Gasteiger partial charge in [0.15, 0.2) is 0 Å². The van der Waals surface area contributed by atoms with Crippen molar-refractivity contribution in [3.63, 3.8) is 0 Å². The number of benzene rings is 1. The highest BCUT2D eigenvalue weighted by Crippen LogP contribution is 2.34. The Hall–Kier alpha value is -2.85. The summed E-state index contributed by atoms with van der Waals surface area (Å²) in [5.41, 5.74) is 4.36. The number of hydrogen-bond acceptors (Lipinski definition) is 8. The van der Waals surface area contributed by atoms with E-state index in [1.807, 2.05) is 17.8 Å². The van der Waals surface area contributed by atoms with Crippen LogP contribution in [0.1, 0.15) is 40.4 Å². The van der Waals surface area contributed by atoms with E-state index in [1.165, 1.54) is 22.6 Å². The van der Waals surface area contributed by atoms with E-state index >= 15 is 0 Å². The molecule has 4 aromatic rings. The SMILES string of the molecule is Cc1nc(NC2CCN(Cc3ccc4c(cc(C#N)n4CCN4CCSCC4)c3C)CC2)c2cc(CC(F)(F)F)sc2n1. The number of aromatic nitrogens is 3. The minimum Gasteiger partial charge on any atom is -0.367 e. The zero-order chi connectivity index (χ0) is 30.1. The van der Waals surface area contributed by atoms with Crippen LogP contribution >= 0.6 is 23.1 Å². The number of likely N-dealkylation sites (tertiary alicyclic amines) is 1. The van der Waals surface area contributed by atoms with E-state index in [2.05, 4.69) is 54.8 Å². The van der Waals surface area contributed by atoms with E-state index < -0.39 is 12.6 Å². The molecule has 2 saturated heterocycles. The van der Waals surface area contributed by atoms with E-state index in [9.17, 15) is 18.4 Å². The normalized spacial score (nSPS) is 17.6. The maximum atomic E-state index is 13.0. The van der Waals surface area contributed by atoms with E-state index in [-0.39, 0.29) is 10.9 Å². The topological polar surface area (TPSA) is 73.0 Å². The van der Waals surface area contributed by atoms with Crippen molar-refractivity contribution in [1.29, 1.82) is 5.26 Å². The van der Waals surface area contributed by atoms with Gasteiger partial charge in [-0.1, -0.05) is 6.07 Å². The fourth-order valence-corrected chi connectivity index (χ4v) is 8.32. The standard InChI is InChI=1S/C31H36F3N7S2/c1-20-22(3-4-28-26(20)15-24(18-35)41(28)10-9-39-11-13-42-14-12-39)19-40-7-5-23(6-8-40)38-29-27-16-25(17-31(32,33)34)43-30(27)37-21(2)36-29/h3-4,15-16,23H,5-14,17,19H2,1-2H3,(H,36,37,38). The van der Waals surface area contributed by atoms with Gasteiger partial charge in [-0.25, -0.2) is 9.97 Å². The average molecular weight is 628 g/mol. The van der Waals surface area contributed by atoms with Gasteiger partial charge in [0, 0.05) is 79.1 Å². The van der Waals surface area contributed by atoms with E-state index in [0.29, 0.717) is 21.9 Å². The number of fused-ring (bicyclic) bond motifs is 2. The largest absolute Gasteiger partial charge is 0.393 e. The molecule has 0 spiro atoms. The number of rotatable bonds is 8. The van der Waals surface area contributed by atoms with Crippen LogP contribution in [-0.2, 0) is 19.5 Å². The van der Waals surface area contributed by atoms with Crippen molar-refractivity contribution in [3.05, 3.63) is 51.8 Å². The van der Waals surface area contributed by atoms with Gasteiger partial charge in [0.05, 0.1) is 11.8 Å². The molecule has 0 aliphatic carbocycles. The van der Waals surface area contributed by atoms with E-state index in [4.69, 9.17) is 0 Å². The van der Waals surface area contributed by atoms with Crippen LogP contribution < -0.4 is 5.32 Å². The number of aryl methyl sites for hydroxylation is 2. The molecule has 2 fully saturated rings. The third-order valence-corrected chi connectivity index (χ3v) is 10.5. The van der Waals surface area contributed by atoms with Gasteiger partial charge in [-0.2, -0.15) is 30.2 Å². The Morgan fingerprint density at radius 1 is 1.00 bits per heavy atom. The summed E-state index contributed by atoms with van der Waals surface area (Å²) in [7, 11) is 0. The van der Waals surface area contributed by atoms with Gasteiger partial charge in [0.1, 0.15) is 28.2 Å². The molecule has 0 saturated carbocycles. The zero-order valence-corrected chi connectivity index (χ0v) is 26.1. The van der Waals surface area contributed by atoms with E-state index in [1.54, 1.807) is 13.0 Å². The maximum Gasteiger partial charge on any atom is 0.393 e. The second kappa shape index (κ2) is 12.6. The lowest BCUT2D eigenvalue weighted by Crippen LogP contribution is -2.39. The molecule has 228 valence electrons. The molecule has 0 amide bonds. The van der Waals surface area contributed by atoms with Crippen LogP contribution in [0.4, 0.5) is 19.0 Å². The second-order valence-corrected chi connectivity index (χ2v) is 13.9. The first-order valence-electron chi connectivity index (χ1n) is 14.8. The molecule has 0 radical (unpaired) electrons. The second-order valence-electron chi connectivity index (χ2n) is 11.6. The molecule has 43 heavy (non-hydrogen) atoms. The van der Waals surface area contributed by atoms with Crippen molar-refractivity contribution in [3.8, 4) is 6.07 Å². The Morgan fingerprint density at radius 3 is 2.49 bits per heavy atom. The molecule has 1 aromatic carbocycles. The van der Waals surface area contributed by atoms with Crippen LogP contribution in [0.25, 0.3) is 21.1 Å². The van der Waals surface area contributed by atoms with Gasteiger partial charge in [0.2, 0.25) is 0 Å². The molecule has 2 aliphatic heterocycles. The molecule has 0 bridgehead atoms. The first-order chi connectivity index (χ1) is 20.7. The third-order valence-electron chi connectivity index (χ3n) is 8.58. The Balaban J connectivity index is 1.10. The van der Waals surface area contributed by atoms with Gasteiger partial charge >= 0.3 is 6.18 Å². The smallest absolute Gasteiger partial charge is 0.367 e. The summed E-state index contributed by atoms with van der Waals surface area (Å²) in [6.07, 6.45) is -3.37. The summed E-state index contributed by atoms with van der Waals surface area (Å²) in [5, 5.41) is 15.2. The molecule has 6 rings (SSSR count). The minimum atomic E-state index is -4.25. The van der Waals surface area contributed by atoms with Gasteiger partial charge < -0.3 is 9.88 Å². The molecule has 12 heteroatoms. The maximum absolute atomic E-state index is 13.0. The summed E-state index contributed by atoms with van der Waals surface area (Å²) >= 11 is 3.10. The van der Waals surface area contributed by atoms with Crippen LogP contribution in [0.2, 0.25) is 0 Å². The highest BCUT2D eigenvalue weighted by Gasteiger charge is 2.29. The summed E-state index contributed by atoms with van der Waals surface area (Å²) in [6.45, 7) is 10.6. The van der Waals surface area contributed by atoms with Gasteiger partial charge in [-0.3, -0.25) is 9.80 Å². The minimum absolute atomic E-state index is 0.189. The highest BCUT2D eigenvalue weighted by molar-refractivity contribution is 7.99. The van der Waals surface area contributed by atoms with Crippen molar-refractivity contribution in [2.45, 2.75) is 58.4 Å². The lowest BCUT2D eigenvalue weighted by Gasteiger charge is -2.33. The molecule has 1 N–H and O–H groups in total. The first kappa shape index (κ1) is 30.2. The van der Waals surface area contributed by atoms with Crippen molar-refractivity contribution in [1.82, 2.24) is 24.3 Å². The van der Waals surface area contributed by atoms with Gasteiger partial charge in [-0.15, -0.1) is 11.3 Å². The number of piperidine rings is 1. The monoisotopic (exact) mass is 627 g/mol. The van der Waals surface area contributed by atoms with Crippen molar-refractivity contribution >= 4 is 50.0 Å². The average Bonchev–Trinajstić information content (AvgIpc) is 3.54. The quantitative estimate of drug-likeness (QED) is 0.244. The number of nitriles is 1. The lowest BCUT2D eigenvalue weighted by molar-refractivity contribution is -0.126. The van der Waals surface area contributed by atoms with Crippen LogP contribution in [0.5, 0.6) is 0 Å². The Labute approximate surface area is 258 Å². The molecule has 2 aliphatic rings. The summed E-state index contributed by atoms with van der Waals surface area (Å²) in [4.78, 5) is 14.7. The molecule has 0 unspecified atom stereocenters. The number of anilines is 1. The predicted molar refractivity (Wildman–Crippen MR) is 169 cm³/mol. The van der Waals surface area contributed by atoms with Crippen LogP contribution in [0.3, 0.4) is 0 Å². The number of hydrogen-bond donors (Lipinski definition) is 1. The van der Waals surface area contributed by atoms with Crippen molar-refractivity contribution in [2.24, 2.45) is 0 Å². The number of thiophene rings is 1. The summed E-state index contributed by atoms with van der Waals surface area (Å²) < 4.78 is 41.1. The molecular weight excluding hydrogens is 592 g/mol. The number of nitrogens with one attached hydrogen (secondary N) is 1. The number of nitrogens with zero attached hydrogens (tertiary/aromatic N) is 6. The molecule has 3 aromatic heterocycles. The first-order valence-corrected chi connectivity index (χ1v) is 16.8. The van der Waals surface area contributed by atoms with Crippen LogP contribution in [0, 0.1) is 25.2 Å². The summed E-state index contributed by atoms with van der Waals surface area (Å²) in [6, 6.07) is 10.6. The molecule has 7 nitrogen and oxygen atoms in total. The van der Waals surface area contributed by atoms with Crippen molar-refractivity contribution in [2.75, 3.05) is 49.5 Å². The van der Waals surface area contributed by atoms with E-state index in [0.717, 1.165) is 86.6 Å². The number of alkyl halides is 3. The Morgan fingerprint density at radius 2 is 1.77 bits per heavy atom. The number of halogens is 3. The predicted octanol–water partition coefficient (Wildman–Crippen LogP) is 6.36. The zero-order valence-electron chi connectivity index (χ0n) is 24.5. The third kappa shape index (κ3) is 6.95. The van der Waals surface area contributed by atoms with Crippen LogP contribution in [0.15, 0.2) is 24.3 Å². The van der Waals surface area contributed by atoms with Gasteiger partial charge in [-0.05, 0) is 56.0 Å². The lowest BCUT2D eigenvalue weighted by atomic mass is 10.0. The Bertz CT molecular complexity index is 1640. The highest BCUT2D eigenvalue weighted by atomic mass is 32.2. The molecule has 5 heterocycles. The van der Waals surface area contributed by atoms with Gasteiger partial charge in [0.25, 0.3) is 0 Å². The molecule has 0 atom stereocenters. The summed E-state index contributed by atoms with van der Waals surface area (Å²) in [5.74, 6) is 3.54.